The van der Waals surface area contributed by atoms with Crippen LogP contribution in [0.1, 0.15) is 10.4 Å². The minimum absolute atomic E-state index is 0.0158. The largest absolute Gasteiger partial charge is 0.383 e. The fourth-order valence-electron chi connectivity index (χ4n) is 2.23. The van der Waals surface area contributed by atoms with Crippen LogP contribution in [0.4, 0.5) is 8.78 Å². The molecule has 0 radical (unpaired) electrons. The Balaban J connectivity index is 2.50. The number of halogens is 3. The fourth-order valence-corrected chi connectivity index (χ4v) is 2.70. The summed E-state index contributed by atoms with van der Waals surface area (Å²) in [5.74, 6) is -0.628. The van der Waals surface area contributed by atoms with Gasteiger partial charge in [-0.05, 0) is 22.0 Å². The Bertz CT molecular complexity index is 764. The van der Waals surface area contributed by atoms with E-state index < -0.39 is 24.4 Å². The number of ether oxygens (including phenoxy) is 1. The van der Waals surface area contributed by atoms with E-state index in [0.717, 1.165) is 11.0 Å². The molecule has 8 heteroatoms. The van der Waals surface area contributed by atoms with E-state index in [1.807, 2.05) is 0 Å². The monoisotopic (exact) mass is 388 g/mol. The average molecular weight is 389 g/mol. The average Bonchev–Trinajstić information content (AvgIpc) is 2.50. The number of aromatic amines is 1. The van der Waals surface area contributed by atoms with Crippen molar-refractivity contribution in [3.05, 3.63) is 44.7 Å². The van der Waals surface area contributed by atoms with Gasteiger partial charge in [-0.3, -0.25) is 9.59 Å². The normalized spacial score (nSPS) is 11.2. The molecule has 0 aliphatic carbocycles. The van der Waals surface area contributed by atoms with Crippen molar-refractivity contribution in [2.75, 3.05) is 26.8 Å². The Morgan fingerprint density at radius 3 is 2.83 bits per heavy atom. The zero-order valence-corrected chi connectivity index (χ0v) is 13.9. The fraction of sp³-hybridized carbons (Fsp3) is 0.333. The van der Waals surface area contributed by atoms with Crippen LogP contribution in [0, 0.1) is 0 Å². The highest BCUT2D eigenvalue weighted by molar-refractivity contribution is 9.10. The van der Waals surface area contributed by atoms with Crippen LogP contribution in [-0.4, -0.2) is 49.0 Å². The molecule has 0 atom stereocenters. The number of rotatable bonds is 6. The van der Waals surface area contributed by atoms with Gasteiger partial charge in [0, 0.05) is 29.6 Å². The smallest absolute Gasteiger partial charge is 0.255 e. The van der Waals surface area contributed by atoms with Crippen LogP contribution in [0.2, 0.25) is 0 Å². The molecule has 2 aromatic rings. The number of methoxy groups -OCH3 is 1. The summed E-state index contributed by atoms with van der Waals surface area (Å²) in [4.78, 5) is 28.1. The molecule has 124 valence electrons. The van der Waals surface area contributed by atoms with E-state index in [2.05, 4.69) is 20.9 Å². The molecule has 0 aliphatic rings. The predicted molar refractivity (Wildman–Crippen MR) is 86.1 cm³/mol. The van der Waals surface area contributed by atoms with Gasteiger partial charge in [0.2, 0.25) is 5.56 Å². The van der Waals surface area contributed by atoms with Gasteiger partial charge in [-0.2, -0.15) is 0 Å². The number of para-hydroxylation sites is 1. The number of H-pyrrole nitrogens is 1. The SMILES string of the molecule is COCCN(CC(F)F)C(=O)c1cc(=O)[nH]c2c(Br)cccc12. The second-order valence-electron chi connectivity index (χ2n) is 4.84. The van der Waals surface area contributed by atoms with Gasteiger partial charge in [0.15, 0.2) is 0 Å². The second-order valence-corrected chi connectivity index (χ2v) is 5.70. The number of hydrogen-bond donors (Lipinski definition) is 1. The van der Waals surface area contributed by atoms with Crippen molar-refractivity contribution in [1.29, 1.82) is 0 Å². The molecule has 0 spiro atoms. The van der Waals surface area contributed by atoms with Crippen molar-refractivity contribution < 1.29 is 18.3 Å². The maximum absolute atomic E-state index is 12.7. The van der Waals surface area contributed by atoms with Gasteiger partial charge >= 0.3 is 0 Å². The number of aromatic nitrogens is 1. The molecular formula is C15H15BrF2N2O3. The lowest BCUT2D eigenvalue weighted by atomic mass is 10.1. The van der Waals surface area contributed by atoms with Crippen molar-refractivity contribution in [2.45, 2.75) is 6.43 Å². The number of carbonyl (C=O) groups is 1. The Morgan fingerprint density at radius 1 is 1.43 bits per heavy atom. The molecule has 0 fully saturated rings. The number of amides is 1. The number of alkyl halides is 2. The molecule has 0 saturated heterocycles. The first kappa shape index (κ1) is 17.6. The van der Waals surface area contributed by atoms with Crippen molar-refractivity contribution in [2.24, 2.45) is 0 Å². The summed E-state index contributed by atoms with van der Waals surface area (Å²) in [5.41, 5.74) is 0.0605. The molecule has 1 amide bonds. The summed E-state index contributed by atoms with van der Waals surface area (Å²) in [6, 6.07) is 6.20. The summed E-state index contributed by atoms with van der Waals surface area (Å²) >= 11 is 3.30. The van der Waals surface area contributed by atoms with E-state index in [4.69, 9.17) is 4.74 Å². The van der Waals surface area contributed by atoms with Crippen molar-refractivity contribution in [3.8, 4) is 0 Å². The molecule has 5 nitrogen and oxygen atoms in total. The van der Waals surface area contributed by atoms with Gasteiger partial charge < -0.3 is 14.6 Å². The summed E-state index contributed by atoms with van der Waals surface area (Å²) in [5, 5.41) is 0.487. The van der Waals surface area contributed by atoms with E-state index in [9.17, 15) is 18.4 Å². The first-order chi connectivity index (χ1) is 10.9. The summed E-state index contributed by atoms with van der Waals surface area (Å²) in [6.07, 6.45) is -2.67. The third-order valence-electron chi connectivity index (χ3n) is 3.27. The van der Waals surface area contributed by atoms with E-state index in [1.165, 1.54) is 7.11 Å². The first-order valence-electron chi connectivity index (χ1n) is 6.82. The lowest BCUT2D eigenvalue weighted by Crippen LogP contribution is -2.38. The molecule has 0 unspecified atom stereocenters. The first-order valence-corrected chi connectivity index (χ1v) is 7.61. The summed E-state index contributed by atoms with van der Waals surface area (Å²) in [6.45, 7) is -0.574. The number of carbonyl (C=O) groups excluding carboxylic acids is 1. The number of fused-ring (bicyclic) bond motifs is 1. The van der Waals surface area contributed by atoms with Crippen LogP contribution in [0.3, 0.4) is 0 Å². The van der Waals surface area contributed by atoms with E-state index in [0.29, 0.717) is 15.4 Å². The molecule has 1 aromatic heterocycles. The Labute approximate surface area is 139 Å². The molecule has 23 heavy (non-hydrogen) atoms. The molecule has 0 bridgehead atoms. The Morgan fingerprint density at radius 2 is 2.17 bits per heavy atom. The lowest BCUT2D eigenvalue weighted by Gasteiger charge is -2.22. The van der Waals surface area contributed by atoms with Gasteiger partial charge in [0.05, 0.1) is 24.2 Å². The van der Waals surface area contributed by atoms with Crippen LogP contribution >= 0.6 is 15.9 Å². The van der Waals surface area contributed by atoms with Gasteiger partial charge in [0.25, 0.3) is 12.3 Å². The Kier molecular flexibility index (Phi) is 5.84. The quantitative estimate of drug-likeness (QED) is 0.827. The highest BCUT2D eigenvalue weighted by atomic mass is 79.9. The molecular weight excluding hydrogens is 374 g/mol. The summed E-state index contributed by atoms with van der Waals surface area (Å²) in [7, 11) is 1.42. The van der Waals surface area contributed by atoms with Crippen molar-refractivity contribution in [3.63, 3.8) is 0 Å². The summed E-state index contributed by atoms with van der Waals surface area (Å²) < 4.78 is 30.9. The topological polar surface area (TPSA) is 62.4 Å². The molecule has 0 aliphatic heterocycles. The maximum Gasteiger partial charge on any atom is 0.255 e. The minimum Gasteiger partial charge on any atom is -0.383 e. The number of nitrogens with one attached hydrogen (secondary N) is 1. The number of nitrogens with zero attached hydrogens (tertiary/aromatic N) is 1. The molecule has 0 saturated carbocycles. The van der Waals surface area contributed by atoms with E-state index in [-0.39, 0.29) is 18.7 Å². The lowest BCUT2D eigenvalue weighted by molar-refractivity contribution is 0.0479. The predicted octanol–water partition coefficient (Wildman–Crippen LogP) is 2.64. The van der Waals surface area contributed by atoms with Crippen molar-refractivity contribution >= 4 is 32.7 Å². The third-order valence-corrected chi connectivity index (χ3v) is 3.93. The third kappa shape index (κ3) is 4.14. The zero-order valence-electron chi connectivity index (χ0n) is 12.3. The van der Waals surface area contributed by atoms with E-state index in [1.54, 1.807) is 18.2 Å². The van der Waals surface area contributed by atoms with Gasteiger partial charge in [-0.1, -0.05) is 12.1 Å². The van der Waals surface area contributed by atoms with Crippen LogP contribution < -0.4 is 5.56 Å². The van der Waals surface area contributed by atoms with Gasteiger partial charge in [0.1, 0.15) is 0 Å². The molecule has 1 heterocycles. The van der Waals surface area contributed by atoms with Crippen LogP contribution in [0.25, 0.3) is 10.9 Å². The van der Waals surface area contributed by atoms with Gasteiger partial charge in [-0.15, -0.1) is 0 Å². The molecule has 1 aromatic carbocycles. The second kappa shape index (κ2) is 7.65. The maximum atomic E-state index is 12.7. The number of benzene rings is 1. The van der Waals surface area contributed by atoms with E-state index >= 15 is 0 Å². The highest BCUT2D eigenvalue weighted by Crippen LogP contribution is 2.24. The van der Waals surface area contributed by atoms with Crippen LogP contribution in [0.5, 0.6) is 0 Å². The Hall–Kier alpha value is -1.80. The molecule has 1 N–H and O–H groups in total. The van der Waals surface area contributed by atoms with Crippen LogP contribution in [-0.2, 0) is 4.74 Å². The van der Waals surface area contributed by atoms with Crippen LogP contribution in [0.15, 0.2) is 33.5 Å². The zero-order chi connectivity index (χ0) is 17.0. The minimum atomic E-state index is -2.67. The standard InChI is InChI=1S/C15H15BrF2N2O3/c1-23-6-5-20(8-12(17)18)15(22)10-7-13(21)19-14-9(10)3-2-4-11(14)16/h2-4,7,12H,5-6,8H2,1H3,(H,19,21). The van der Waals surface area contributed by atoms with Gasteiger partial charge in [-0.25, -0.2) is 8.78 Å². The molecule has 2 rings (SSSR count). The highest BCUT2D eigenvalue weighted by Gasteiger charge is 2.22. The van der Waals surface area contributed by atoms with Crippen molar-refractivity contribution in [1.82, 2.24) is 9.88 Å². The number of hydrogen-bond acceptors (Lipinski definition) is 3. The number of pyridine rings is 1.